The third-order valence-corrected chi connectivity index (χ3v) is 8.69. The first kappa shape index (κ1) is 27.0. The van der Waals surface area contributed by atoms with E-state index in [-0.39, 0.29) is 0 Å². The smallest absolute Gasteiger partial charge is 0.227 e. The highest BCUT2D eigenvalue weighted by Crippen LogP contribution is 2.41. The van der Waals surface area contributed by atoms with E-state index in [1.807, 2.05) is 60.7 Å². The van der Waals surface area contributed by atoms with Gasteiger partial charge in [-0.15, -0.1) is 0 Å². The fraction of sp³-hybridized carbons (Fsp3) is 0. The SMILES string of the molecule is c1ccc(-c2cccc(-c3ccc(N(c4ccccc4)c4ccc5oc6ccc7nc(-c8ccccc8)oc7c6c5c4)cc3)c2)cc1. The monoisotopic (exact) mass is 604 g/mol. The van der Waals surface area contributed by atoms with E-state index < -0.39 is 0 Å². The molecule has 4 nitrogen and oxygen atoms in total. The number of para-hydroxylation sites is 1. The van der Waals surface area contributed by atoms with E-state index in [1.54, 1.807) is 0 Å². The lowest BCUT2D eigenvalue weighted by atomic mass is 9.99. The summed E-state index contributed by atoms with van der Waals surface area (Å²) in [7, 11) is 0. The molecule has 0 amide bonds. The lowest BCUT2D eigenvalue weighted by molar-refractivity contribution is 0.622. The second-order valence-electron chi connectivity index (χ2n) is 11.6. The first-order valence-electron chi connectivity index (χ1n) is 15.7. The maximum atomic E-state index is 6.41. The lowest BCUT2D eigenvalue weighted by Crippen LogP contribution is -2.09. The number of furan rings is 1. The highest BCUT2D eigenvalue weighted by atomic mass is 16.4. The van der Waals surface area contributed by atoms with Gasteiger partial charge in [-0.05, 0) is 95.1 Å². The van der Waals surface area contributed by atoms with Crippen molar-refractivity contribution in [2.24, 2.45) is 0 Å². The first-order valence-corrected chi connectivity index (χ1v) is 15.7. The van der Waals surface area contributed by atoms with Crippen molar-refractivity contribution < 1.29 is 8.83 Å². The fourth-order valence-corrected chi connectivity index (χ4v) is 6.41. The summed E-state index contributed by atoms with van der Waals surface area (Å²) in [6.07, 6.45) is 0. The molecule has 222 valence electrons. The Bertz CT molecular complexity index is 2500. The van der Waals surface area contributed by atoms with Crippen LogP contribution < -0.4 is 4.90 Å². The minimum absolute atomic E-state index is 0.596. The Morgan fingerprint density at radius 2 is 0.979 bits per heavy atom. The fourth-order valence-electron chi connectivity index (χ4n) is 6.41. The molecule has 0 atom stereocenters. The van der Waals surface area contributed by atoms with Crippen molar-refractivity contribution in [1.82, 2.24) is 4.98 Å². The number of aromatic nitrogens is 1. The maximum Gasteiger partial charge on any atom is 0.227 e. The van der Waals surface area contributed by atoms with Gasteiger partial charge in [0.25, 0.3) is 0 Å². The summed E-state index contributed by atoms with van der Waals surface area (Å²) in [4.78, 5) is 7.09. The van der Waals surface area contributed by atoms with Crippen LogP contribution in [0.4, 0.5) is 17.1 Å². The summed E-state index contributed by atoms with van der Waals surface area (Å²) in [6, 6.07) is 58.7. The van der Waals surface area contributed by atoms with Gasteiger partial charge in [-0.2, -0.15) is 0 Å². The van der Waals surface area contributed by atoms with Crippen molar-refractivity contribution in [3.63, 3.8) is 0 Å². The average Bonchev–Trinajstić information content (AvgIpc) is 3.75. The van der Waals surface area contributed by atoms with Gasteiger partial charge in [0.2, 0.25) is 5.89 Å². The van der Waals surface area contributed by atoms with Gasteiger partial charge >= 0.3 is 0 Å². The highest BCUT2D eigenvalue weighted by Gasteiger charge is 2.19. The molecule has 9 rings (SSSR count). The van der Waals surface area contributed by atoms with Gasteiger partial charge in [0.1, 0.15) is 16.7 Å². The Kier molecular flexibility index (Phi) is 6.43. The zero-order valence-corrected chi connectivity index (χ0v) is 25.4. The van der Waals surface area contributed by atoms with Crippen LogP contribution in [0.1, 0.15) is 0 Å². The van der Waals surface area contributed by atoms with Gasteiger partial charge in [0, 0.05) is 28.0 Å². The zero-order chi connectivity index (χ0) is 31.2. The predicted octanol–water partition coefficient (Wildman–Crippen LogP) is 12.2. The summed E-state index contributed by atoms with van der Waals surface area (Å²) < 4.78 is 12.7. The molecule has 47 heavy (non-hydrogen) atoms. The van der Waals surface area contributed by atoms with Crippen molar-refractivity contribution in [3.8, 4) is 33.7 Å². The molecular formula is C43H28N2O2. The number of rotatable bonds is 6. The van der Waals surface area contributed by atoms with Crippen LogP contribution in [0, 0.1) is 0 Å². The topological polar surface area (TPSA) is 42.4 Å². The Balaban J connectivity index is 1.15. The number of hydrogen-bond donors (Lipinski definition) is 0. The van der Waals surface area contributed by atoms with E-state index in [2.05, 4.69) is 114 Å². The summed E-state index contributed by atoms with van der Waals surface area (Å²) in [5, 5.41) is 1.91. The largest absolute Gasteiger partial charge is 0.456 e. The van der Waals surface area contributed by atoms with Gasteiger partial charge in [0.15, 0.2) is 5.58 Å². The summed E-state index contributed by atoms with van der Waals surface area (Å²) in [6.45, 7) is 0. The molecule has 0 aliphatic carbocycles. The number of anilines is 3. The molecule has 0 N–H and O–H groups in total. The number of benzene rings is 7. The minimum atomic E-state index is 0.596. The molecule has 0 saturated heterocycles. The minimum Gasteiger partial charge on any atom is -0.456 e. The molecule has 7 aromatic carbocycles. The standard InChI is InChI=1S/C43H28N2O2/c1-4-11-29(12-5-1)32-15-10-16-33(27-32)30-19-21-35(22-20-30)45(34-17-8-3-9-18-34)36-23-25-39-37(28-36)41-40(46-39)26-24-38-42(41)47-43(44-38)31-13-6-2-7-14-31/h1-28H. The van der Waals surface area contributed by atoms with Crippen LogP contribution in [-0.2, 0) is 0 Å². The van der Waals surface area contributed by atoms with Gasteiger partial charge in [-0.1, -0.05) is 97.1 Å². The van der Waals surface area contributed by atoms with Crippen molar-refractivity contribution in [2.45, 2.75) is 0 Å². The van der Waals surface area contributed by atoms with E-state index in [9.17, 15) is 0 Å². The molecule has 2 aromatic heterocycles. The van der Waals surface area contributed by atoms with Crippen LogP contribution >= 0.6 is 0 Å². The Hall–Kier alpha value is -6.39. The second kappa shape index (κ2) is 11.2. The van der Waals surface area contributed by atoms with Crippen LogP contribution in [0.2, 0.25) is 0 Å². The van der Waals surface area contributed by atoms with Crippen LogP contribution in [0.25, 0.3) is 66.7 Å². The van der Waals surface area contributed by atoms with Crippen molar-refractivity contribution in [2.75, 3.05) is 4.90 Å². The normalized spacial score (nSPS) is 11.4. The quantitative estimate of drug-likeness (QED) is 0.189. The van der Waals surface area contributed by atoms with E-state index in [0.717, 1.165) is 61.2 Å². The van der Waals surface area contributed by atoms with Gasteiger partial charge in [-0.25, -0.2) is 4.98 Å². The summed E-state index contributed by atoms with van der Waals surface area (Å²) in [5.41, 5.74) is 11.9. The molecule has 4 heteroatoms. The zero-order valence-electron chi connectivity index (χ0n) is 25.4. The van der Waals surface area contributed by atoms with E-state index in [0.29, 0.717) is 5.89 Å². The van der Waals surface area contributed by atoms with Crippen LogP contribution in [0.15, 0.2) is 179 Å². The van der Waals surface area contributed by atoms with Gasteiger partial charge in [-0.3, -0.25) is 0 Å². The van der Waals surface area contributed by atoms with Crippen LogP contribution in [0.5, 0.6) is 0 Å². The second-order valence-corrected chi connectivity index (χ2v) is 11.6. The number of fused-ring (bicyclic) bond motifs is 5. The maximum absolute atomic E-state index is 6.41. The third kappa shape index (κ3) is 4.84. The molecule has 0 saturated carbocycles. The molecule has 0 aliphatic heterocycles. The molecule has 0 radical (unpaired) electrons. The van der Waals surface area contributed by atoms with Crippen molar-refractivity contribution >= 4 is 50.1 Å². The predicted molar refractivity (Wildman–Crippen MR) is 192 cm³/mol. The van der Waals surface area contributed by atoms with E-state index >= 15 is 0 Å². The van der Waals surface area contributed by atoms with Crippen molar-refractivity contribution in [1.29, 1.82) is 0 Å². The Labute approximate surface area is 271 Å². The third-order valence-electron chi connectivity index (χ3n) is 8.69. The van der Waals surface area contributed by atoms with Crippen LogP contribution in [0.3, 0.4) is 0 Å². The molecule has 0 aliphatic rings. The molecule has 2 heterocycles. The molecule has 0 unspecified atom stereocenters. The highest BCUT2D eigenvalue weighted by molar-refractivity contribution is 6.17. The van der Waals surface area contributed by atoms with E-state index in [4.69, 9.17) is 13.8 Å². The first-order chi connectivity index (χ1) is 23.3. The molecule has 0 spiro atoms. The van der Waals surface area contributed by atoms with Crippen molar-refractivity contribution in [3.05, 3.63) is 170 Å². The summed E-state index contributed by atoms with van der Waals surface area (Å²) in [5.74, 6) is 0.596. The van der Waals surface area contributed by atoms with Gasteiger partial charge in [0.05, 0.1) is 5.39 Å². The van der Waals surface area contributed by atoms with E-state index in [1.165, 1.54) is 16.7 Å². The number of hydrogen-bond acceptors (Lipinski definition) is 4. The van der Waals surface area contributed by atoms with Crippen LogP contribution in [-0.4, -0.2) is 4.98 Å². The Morgan fingerprint density at radius 1 is 0.404 bits per heavy atom. The lowest BCUT2D eigenvalue weighted by Gasteiger charge is -2.25. The summed E-state index contributed by atoms with van der Waals surface area (Å²) >= 11 is 0. The molecule has 9 aromatic rings. The molecular weight excluding hydrogens is 576 g/mol. The van der Waals surface area contributed by atoms with Gasteiger partial charge < -0.3 is 13.7 Å². The molecule has 0 fully saturated rings. The number of nitrogens with zero attached hydrogens (tertiary/aromatic N) is 2. The average molecular weight is 605 g/mol. The number of oxazole rings is 1. The molecule has 0 bridgehead atoms. The Morgan fingerprint density at radius 3 is 1.70 bits per heavy atom.